The summed E-state index contributed by atoms with van der Waals surface area (Å²) in [6.45, 7) is 1.49. The van der Waals surface area contributed by atoms with Gasteiger partial charge in [0.15, 0.2) is 0 Å². The maximum absolute atomic E-state index is 11.0. The van der Waals surface area contributed by atoms with E-state index in [9.17, 15) is 4.79 Å². The fourth-order valence-corrected chi connectivity index (χ4v) is 2.25. The smallest absolute Gasteiger partial charge is 0.248 e. The Hall–Kier alpha value is -0.220. The van der Waals surface area contributed by atoms with Crippen molar-refractivity contribution in [3.63, 3.8) is 0 Å². The van der Waals surface area contributed by atoms with Crippen molar-refractivity contribution in [2.45, 2.75) is 31.9 Å². The normalized spacial score (nSPS) is 26.3. The molecule has 1 fully saturated rings. The first-order valence-electron chi connectivity index (χ1n) is 4.26. The summed E-state index contributed by atoms with van der Waals surface area (Å²) >= 11 is 1.86. The van der Waals surface area contributed by atoms with Crippen LogP contribution in [0.1, 0.15) is 19.8 Å². The second-order valence-corrected chi connectivity index (χ2v) is 4.25. The Kier molecular flexibility index (Phi) is 3.88. The summed E-state index contributed by atoms with van der Waals surface area (Å²) in [5, 5.41) is 11.7. The average molecular weight is 189 g/mol. The van der Waals surface area contributed by atoms with Gasteiger partial charge in [0.1, 0.15) is 6.10 Å². The minimum absolute atomic E-state index is 0.248. The number of rotatable bonds is 2. The highest BCUT2D eigenvalue weighted by atomic mass is 32.2. The number of carbonyl (C=O) groups excluding carboxylic acids is 1. The van der Waals surface area contributed by atoms with E-state index in [1.807, 2.05) is 11.8 Å². The molecular formula is C8H15NO2S. The molecule has 1 saturated heterocycles. The van der Waals surface area contributed by atoms with Crippen molar-refractivity contribution >= 4 is 17.7 Å². The van der Waals surface area contributed by atoms with Crippen LogP contribution in [0, 0.1) is 0 Å². The maximum Gasteiger partial charge on any atom is 0.248 e. The van der Waals surface area contributed by atoms with E-state index in [2.05, 4.69) is 5.32 Å². The van der Waals surface area contributed by atoms with E-state index < -0.39 is 6.10 Å². The third kappa shape index (κ3) is 3.03. The van der Waals surface area contributed by atoms with Crippen LogP contribution < -0.4 is 5.32 Å². The molecule has 1 unspecified atom stereocenters. The second-order valence-electron chi connectivity index (χ2n) is 3.10. The molecule has 2 atom stereocenters. The van der Waals surface area contributed by atoms with E-state index in [-0.39, 0.29) is 11.9 Å². The molecule has 0 spiro atoms. The van der Waals surface area contributed by atoms with Crippen LogP contribution in [-0.4, -0.2) is 34.7 Å². The van der Waals surface area contributed by atoms with Gasteiger partial charge in [-0.05, 0) is 25.5 Å². The molecule has 3 nitrogen and oxygen atoms in total. The molecule has 0 aromatic heterocycles. The Labute approximate surface area is 76.9 Å². The second kappa shape index (κ2) is 4.72. The van der Waals surface area contributed by atoms with Gasteiger partial charge in [-0.15, -0.1) is 0 Å². The molecule has 0 bridgehead atoms. The predicted octanol–water partition coefficient (Wildman–Crippen LogP) is 0.379. The first-order chi connectivity index (χ1) is 5.70. The van der Waals surface area contributed by atoms with Gasteiger partial charge in [-0.25, -0.2) is 0 Å². The summed E-state index contributed by atoms with van der Waals surface area (Å²) in [5.74, 6) is 1.93. The summed E-state index contributed by atoms with van der Waals surface area (Å²) in [7, 11) is 0. The van der Waals surface area contributed by atoms with Crippen molar-refractivity contribution in [3.8, 4) is 0 Å². The van der Waals surface area contributed by atoms with Gasteiger partial charge in [0.2, 0.25) is 5.91 Å². The summed E-state index contributed by atoms with van der Waals surface area (Å²) in [6.07, 6.45) is 1.33. The zero-order chi connectivity index (χ0) is 8.97. The highest BCUT2D eigenvalue weighted by molar-refractivity contribution is 7.99. The lowest BCUT2D eigenvalue weighted by Gasteiger charge is -2.22. The van der Waals surface area contributed by atoms with Crippen molar-refractivity contribution in [2.75, 3.05) is 11.5 Å². The summed E-state index contributed by atoms with van der Waals surface area (Å²) in [6, 6.07) is 0.269. The van der Waals surface area contributed by atoms with Crippen LogP contribution >= 0.6 is 11.8 Å². The lowest BCUT2D eigenvalue weighted by molar-refractivity contribution is -0.129. The number of aliphatic hydroxyl groups excluding tert-OH is 1. The summed E-state index contributed by atoms with van der Waals surface area (Å²) in [5.41, 5.74) is 0. The number of hydrogen-bond donors (Lipinski definition) is 2. The van der Waals surface area contributed by atoms with Crippen LogP contribution in [0.25, 0.3) is 0 Å². The number of hydrogen-bond acceptors (Lipinski definition) is 3. The SMILES string of the molecule is C[C@H](O)C(=O)NC1CCCSC1. The van der Waals surface area contributed by atoms with E-state index in [4.69, 9.17) is 5.11 Å². The molecule has 0 saturated carbocycles. The lowest BCUT2D eigenvalue weighted by Crippen LogP contribution is -2.42. The van der Waals surface area contributed by atoms with Crippen LogP contribution in [0.2, 0.25) is 0 Å². The molecule has 0 aromatic rings. The molecule has 0 radical (unpaired) electrons. The highest BCUT2D eigenvalue weighted by Gasteiger charge is 2.17. The molecule has 1 rings (SSSR count). The molecule has 1 amide bonds. The fraction of sp³-hybridized carbons (Fsp3) is 0.875. The number of amides is 1. The Bertz CT molecular complexity index is 155. The Morgan fingerprint density at radius 1 is 1.75 bits per heavy atom. The first-order valence-corrected chi connectivity index (χ1v) is 5.42. The summed E-state index contributed by atoms with van der Waals surface area (Å²) < 4.78 is 0. The van der Waals surface area contributed by atoms with E-state index in [1.165, 1.54) is 12.7 Å². The molecule has 2 N–H and O–H groups in total. The molecule has 1 aliphatic heterocycles. The quantitative estimate of drug-likeness (QED) is 0.660. The molecule has 12 heavy (non-hydrogen) atoms. The zero-order valence-corrected chi connectivity index (χ0v) is 8.06. The molecule has 0 aromatic carbocycles. The van der Waals surface area contributed by atoms with Gasteiger partial charge in [-0.3, -0.25) is 4.79 Å². The van der Waals surface area contributed by atoms with Crippen LogP contribution in [0.3, 0.4) is 0 Å². The fourth-order valence-electron chi connectivity index (χ4n) is 1.18. The van der Waals surface area contributed by atoms with Crippen molar-refractivity contribution in [1.82, 2.24) is 5.32 Å². The van der Waals surface area contributed by atoms with E-state index >= 15 is 0 Å². The lowest BCUT2D eigenvalue weighted by atomic mass is 10.2. The Morgan fingerprint density at radius 2 is 2.50 bits per heavy atom. The van der Waals surface area contributed by atoms with Crippen molar-refractivity contribution < 1.29 is 9.90 Å². The number of nitrogens with one attached hydrogen (secondary N) is 1. The van der Waals surface area contributed by atoms with Crippen molar-refractivity contribution in [2.24, 2.45) is 0 Å². The number of thioether (sulfide) groups is 1. The maximum atomic E-state index is 11.0. The number of carbonyl (C=O) groups is 1. The monoisotopic (exact) mass is 189 g/mol. The minimum Gasteiger partial charge on any atom is -0.384 e. The predicted molar refractivity (Wildman–Crippen MR) is 50.2 cm³/mol. The minimum atomic E-state index is -0.878. The standard InChI is InChI=1S/C8H15NO2S/c1-6(10)8(11)9-7-3-2-4-12-5-7/h6-7,10H,2-5H2,1H3,(H,9,11)/t6-,7?/m0/s1. The molecular weight excluding hydrogens is 174 g/mol. The van der Waals surface area contributed by atoms with Gasteiger partial charge in [-0.1, -0.05) is 0 Å². The van der Waals surface area contributed by atoms with Crippen molar-refractivity contribution in [3.05, 3.63) is 0 Å². The Morgan fingerprint density at radius 3 is 3.00 bits per heavy atom. The molecule has 70 valence electrons. The van der Waals surface area contributed by atoms with E-state index in [1.54, 1.807) is 0 Å². The van der Waals surface area contributed by atoms with Crippen LogP contribution in [0.15, 0.2) is 0 Å². The van der Waals surface area contributed by atoms with Gasteiger partial charge in [0.25, 0.3) is 0 Å². The summed E-state index contributed by atoms with van der Waals surface area (Å²) in [4.78, 5) is 11.0. The van der Waals surface area contributed by atoms with Gasteiger partial charge >= 0.3 is 0 Å². The molecule has 0 aliphatic carbocycles. The third-order valence-electron chi connectivity index (χ3n) is 1.89. The average Bonchev–Trinajstić information content (AvgIpc) is 2.06. The largest absolute Gasteiger partial charge is 0.384 e. The van der Waals surface area contributed by atoms with Crippen LogP contribution in [0.4, 0.5) is 0 Å². The van der Waals surface area contributed by atoms with Gasteiger partial charge in [0.05, 0.1) is 0 Å². The zero-order valence-electron chi connectivity index (χ0n) is 7.25. The Balaban J connectivity index is 2.24. The molecule has 1 aliphatic rings. The van der Waals surface area contributed by atoms with Crippen LogP contribution in [-0.2, 0) is 4.79 Å². The third-order valence-corrected chi connectivity index (χ3v) is 3.10. The van der Waals surface area contributed by atoms with Crippen molar-refractivity contribution in [1.29, 1.82) is 0 Å². The first kappa shape index (κ1) is 9.86. The molecule has 4 heteroatoms. The van der Waals surface area contributed by atoms with Gasteiger partial charge in [0, 0.05) is 11.8 Å². The highest BCUT2D eigenvalue weighted by Crippen LogP contribution is 2.16. The van der Waals surface area contributed by atoms with Gasteiger partial charge in [-0.2, -0.15) is 11.8 Å². The van der Waals surface area contributed by atoms with E-state index in [0.717, 1.165) is 18.6 Å². The van der Waals surface area contributed by atoms with E-state index in [0.29, 0.717) is 0 Å². The molecule has 1 heterocycles. The number of aliphatic hydroxyl groups is 1. The van der Waals surface area contributed by atoms with Gasteiger partial charge < -0.3 is 10.4 Å². The van der Waals surface area contributed by atoms with Crippen LogP contribution in [0.5, 0.6) is 0 Å². The topological polar surface area (TPSA) is 49.3 Å².